The van der Waals surface area contributed by atoms with E-state index >= 15 is 0 Å². The molecule has 0 saturated heterocycles. The van der Waals surface area contributed by atoms with E-state index in [0.717, 1.165) is 117 Å². The van der Waals surface area contributed by atoms with E-state index in [9.17, 15) is 5.26 Å². The largest absolute Gasteiger partial charge is 0.309 e. The summed E-state index contributed by atoms with van der Waals surface area (Å²) < 4.78 is 9.90. The van der Waals surface area contributed by atoms with Crippen molar-refractivity contribution >= 4 is 87.2 Å². The second-order valence-electron chi connectivity index (χ2n) is 31.4. The van der Waals surface area contributed by atoms with Gasteiger partial charge in [0.25, 0.3) is 0 Å². The van der Waals surface area contributed by atoms with Crippen molar-refractivity contribution in [2.24, 2.45) is 0 Å². The van der Waals surface area contributed by atoms with Crippen LogP contribution in [0.1, 0.15) is 128 Å². The highest BCUT2D eigenvalue weighted by Crippen LogP contribution is 2.53. The number of hydrogen-bond donors (Lipinski definition) is 0. The lowest BCUT2D eigenvalue weighted by atomic mass is 9.84. The summed E-state index contributed by atoms with van der Waals surface area (Å²) in [6.45, 7) is 34.1. The Morgan fingerprint density at radius 2 is 0.629 bits per heavy atom. The molecule has 476 valence electrons. The Bertz CT molecular complexity index is 5850. The summed E-state index contributed by atoms with van der Waals surface area (Å²) in [6, 6.07) is 87.2. The van der Waals surface area contributed by atoms with Gasteiger partial charge in [0.1, 0.15) is 6.07 Å². The topological polar surface area (TPSA) is 56.4 Å². The zero-order valence-corrected chi connectivity index (χ0v) is 58.5. The first-order valence-electron chi connectivity index (χ1n) is 34.3. The van der Waals surface area contributed by atoms with Gasteiger partial charge in [0.15, 0.2) is 0 Å². The maximum Gasteiger partial charge on any atom is 0.101 e. The first-order valence-corrected chi connectivity index (χ1v) is 34.3. The third kappa shape index (κ3) is 9.83. The molecule has 0 atom stereocenters. The van der Waals surface area contributed by atoms with E-state index in [-0.39, 0.29) is 21.7 Å². The highest BCUT2D eigenvalue weighted by Gasteiger charge is 2.35. The summed E-state index contributed by atoms with van der Waals surface area (Å²) >= 11 is 0. The van der Waals surface area contributed by atoms with Crippen LogP contribution in [0.4, 0.5) is 0 Å². The summed E-state index contributed by atoms with van der Waals surface area (Å²) in [5.74, 6) is 0. The van der Waals surface area contributed by atoms with E-state index in [1.165, 1.54) is 65.7 Å². The van der Waals surface area contributed by atoms with Crippen molar-refractivity contribution < 1.29 is 0 Å². The molecular formula is C91H82N6. The number of hydrogen-bond acceptors (Lipinski definition) is 2. The van der Waals surface area contributed by atoms with Gasteiger partial charge in [-0.1, -0.05) is 197 Å². The van der Waals surface area contributed by atoms with Crippen molar-refractivity contribution in [2.75, 3.05) is 0 Å². The van der Waals surface area contributed by atoms with E-state index in [1.54, 1.807) is 0 Å². The van der Waals surface area contributed by atoms with Crippen LogP contribution in [0.15, 0.2) is 224 Å². The second kappa shape index (κ2) is 21.9. The lowest BCUT2D eigenvalue weighted by Crippen LogP contribution is -2.13. The number of benzene rings is 11. The van der Waals surface area contributed by atoms with Crippen LogP contribution in [0, 0.1) is 32.1 Å². The number of aromatic nitrogens is 5. The zero-order chi connectivity index (χ0) is 67.5. The molecule has 5 heterocycles. The first kappa shape index (κ1) is 61.2. The molecule has 0 radical (unpaired) electrons. The molecule has 16 aromatic rings. The van der Waals surface area contributed by atoms with Crippen LogP contribution in [0.3, 0.4) is 0 Å². The van der Waals surface area contributed by atoms with Gasteiger partial charge in [-0.05, 0) is 197 Å². The van der Waals surface area contributed by atoms with Gasteiger partial charge in [0, 0.05) is 76.8 Å². The van der Waals surface area contributed by atoms with Crippen LogP contribution in [0.25, 0.3) is 143 Å². The minimum absolute atomic E-state index is 0.145. The third-order valence-corrected chi connectivity index (χ3v) is 20.6. The molecule has 0 aliphatic heterocycles. The minimum atomic E-state index is -0.147. The Hall–Kier alpha value is -10.7. The van der Waals surface area contributed by atoms with Crippen LogP contribution in [-0.2, 0) is 21.7 Å². The fraction of sp³-hybridized carbons (Fsp3) is 0.209. The second-order valence-corrected chi connectivity index (χ2v) is 31.4. The molecule has 6 nitrogen and oxygen atoms in total. The molecule has 0 amide bonds. The number of rotatable bonds is 7. The molecule has 0 saturated carbocycles. The highest BCUT2D eigenvalue weighted by atomic mass is 15.1. The molecule has 0 aliphatic carbocycles. The van der Waals surface area contributed by atoms with Crippen LogP contribution >= 0.6 is 0 Å². The Balaban J connectivity index is 1.13. The molecule has 0 N–H and O–H groups in total. The number of pyridine rings is 1. The summed E-state index contributed by atoms with van der Waals surface area (Å²) in [5.41, 5.74) is 26.0. The number of fused-ring (bicyclic) bond motifs is 12. The first-order chi connectivity index (χ1) is 46.3. The van der Waals surface area contributed by atoms with Crippen molar-refractivity contribution in [3.05, 3.63) is 269 Å². The monoisotopic (exact) mass is 1260 g/mol. The van der Waals surface area contributed by atoms with Gasteiger partial charge in [-0.15, -0.1) is 0 Å². The molecule has 0 aliphatic rings. The highest BCUT2D eigenvalue weighted by molar-refractivity contribution is 6.17. The van der Waals surface area contributed by atoms with Gasteiger partial charge in [-0.3, -0.25) is 4.98 Å². The Kier molecular flexibility index (Phi) is 13.8. The predicted molar refractivity (Wildman–Crippen MR) is 412 cm³/mol. The number of para-hydroxylation sites is 2. The van der Waals surface area contributed by atoms with E-state index in [1.807, 2.05) is 0 Å². The van der Waals surface area contributed by atoms with Crippen molar-refractivity contribution in [2.45, 2.75) is 126 Å². The van der Waals surface area contributed by atoms with Gasteiger partial charge in [0.05, 0.1) is 66.8 Å². The molecule has 97 heavy (non-hydrogen) atoms. The molecular weight excluding hydrogens is 1180 g/mol. The van der Waals surface area contributed by atoms with Gasteiger partial charge in [0.2, 0.25) is 0 Å². The number of nitrogens with zero attached hydrogens (tertiary/aromatic N) is 6. The Morgan fingerprint density at radius 1 is 0.299 bits per heavy atom. The molecule has 0 unspecified atom stereocenters. The predicted octanol–water partition coefficient (Wildman–Crippen LogP) is 24.5. The lowest BCUT2D eigenvalue weighted by Gasteiger charge is -2.28. The van der Waals surface area contributed by atoms with Crippen molar-refractivity contribution in [1.82, 2.24) is 23.3 Å². The van der Waals surface area contributed by atoms with Gasteiger partial charge in [-0.25, -0.2) is 0 Å². The van der Waals surface area contributed by atoms with E-state index in [2.05, 4.69) is 353 Å². The summed E-state index contributed by atoms with van der Waals surface area (Å²) in [4.78, 5) is 5.53. The molecule has 6 heteroatoms. The zero-order valence-electron chi connectivity index (χ0n) is 58.5. The molecule has 5 aromatic heterocycles. The van der Waals surface area contributed by atoms with Crippen molar-refractivity contribution in [1.29, 1.82) is 5.26 Å². The molecule has 11 aromatic carbocycles. The molecule has 0 spiro atoms. The van der Waals surface area contributed by atoms with Gasteiger partial charge >= 0.3 is 0 Å². The summed E-state index contributed by atoms with van der Waals surface area (Å²) in [6.07, 6.45) is 0. The standard InChI is InChI=1S/C91H82N6/c1-54-27-41-77-67(47-54)65-22-16-18-25-75(65)94(77)63-37-29-57(30-38-63)83-73(53-92)85(74-24-20-21-56(3)93-74)84(58-31-39-64(40-32-58)95-76-26-19-17-23-66(76)68-48-55(2)28-42-78(68)95)87(97-81-45-35-61(90(10,11)12)51-71(81)72-52-62(91(13,14)15)36-46-82(72)97)86(83)96-79-43-33-59(88(4,5)6)49-69(79)70-50-60(89(7,8)9)34-44-80(70)96/h16-52H,1-15H3. The van der Waals surface area contributed by atoms with Crippen LogP contribution in [0.5, 0.6) is 0 Å². The average Bonchev–Trinajstić information content (AvgIpc) is 1.63. The van der Waals surface area contributed by atoms with Gasteiger partial charge < -0.3 is 18.3 Å². The molecule has 0 fully saturated rings. The fourth-order valence-corrected chi connectivity index (χ4v) is 15.4. The third-order valence-electron chi connectivity index (χ3n) is 20.6. The Morgan fingerprint density at radius 3 is 1.00 bits per heavy atom. The van der Waals surface area contributed by atoms with Crippen molar-refractivity contribution in [3.8, 4) is 62.3 Å². The normalized spacial score (nSPS) is 12.7. The van der Waals surface area contributed by atoms with Crippen LogP contribution < -0.4 is 0 Å². The molecule has 0 bridgehead atoms. The number of aryl methyl sites for hydroxylation is 3. The van der Waals surface area contributed by atoms with Crippen molar-refractivity contribution in [3.63, 3.8) is 0 Å². The molecule has 16 rings (SSSR count). The van der Waals surface area contributed by atoms with E-state index < -0.39 is 0 Å². The van der Waals surface area contributed by atoms with E-state index in [0.29, 0.717) is 5.56 Å². The maximum absolute atomic E-state index is 12.9. The summed E-state index contributed by atoms with van der Waals surface area (Å²) in [5, 5.41) is 22.4. The van der Waals surface area contributed by atoms with Crippen LogP contribution in [0.2, 0.25) is 0 Å². The fourth-order valence-electron chi connectivity index (χ4n) is 15.4. The minimum Gasteiger partial charge on any atom is -0.309 e. The lowest BCUT2D eigenvalue weighted by molar-refractivity contribution is 0.590. The Labute approximate surface area is 569 Å². The van der Waals surface area contributed by atoms with Gasteiger partial charge in [-0.2, -0.15) is 5.26 Å². The van der Waals surface area contributed by atoms with Crippen LogP contribution in [-0.4, -0.2) is 23.3 Å². The average molecular weight is 1260 g/mol. The smallest absolute Gasteiger partial charge is 0.101 e. The SMILES string of the molecule is Cc1ccc2c(c1)c1ccccc1n2-c1ccc(-c2c(C#N)c(-c3cccc(C)n3)c(-c3ccc(-n4c5ccccc5c5cc(C)ccc54)cc3)c(-n3c4ccc(C(C)(C)C)cc4c4cc(C(C)(C)C)ccc43)c2-n2c3ccc(C(C)(C)C)cc3c3cc(C(C)(C)C)ccc32)cc1. The summed E-state index contributed by atoms with van der Waals surface area (Å²) in [7, 11) is 0. The quantitative estimate of drug-likeness (QED) is 0.160. The maximum atomic E-state index is 12.9. The van der Waals surface area contributed by atoms with E-state index in [4.69, 9.17) is 4.98 Å². The number of nitriles is 1.